The first kappa shape index (κ1) is 26.8. The van der Waals surface area contributed by atoms with Crippen LogP contribution >= 0.6 is 0 Å². The zero-order valence-corrected chi connectivity index (χ0v) is 20.5. The number of esters is 2. The topological polar surface area (TPSA) is 124 Å². The lowest BCUT2D eigenvalue weighted by molar-refractivity contribution is -0.140. The lowest BCUT2D eigenvalue weighted by atomic mass is 10.0. The molecule has 0 aliphatic carbocycles. The standard InChI is InChI=1S/C28H26N2O7/c1-4-35-25-17-24(31)22(26(32)19-8-6-5-7-9-19)16-23(25)30-29-21-12-10-20(11-13-21)28(34)37-15-14-36-27(33)18(2)3/h5-13,16-17,31H,2,4,14-15H2,1,3H3. The van der Waals surface area contributed by atoms with Gasteiger partial charge in [-0.1, -0.05) is 36.9 Å². The molecule has 190 valence electrons. The molecule has 0 saturated carbocycles. The van der Waals surface area contributed by atoms with E-state index in [9.17, 15) is 19.5 Å². The fourth-order valence-electron chi connectivity index (χ4n) is 3.08. The Morgan fingerprint density at radius 2 is 1.57 bits per heavy atom. The normalized spacial score (nSPS) is 10.6. The van der Waals surface area contributed by atoms with Crippen LogP contribution < -0.4 is 4.74 Å². The van der Waals surface area contributed by atoms with E-state index in [4.69, 9.17) is 14.2 Å². The first-order valence-corrected chi connectivity index (χ1v) is 11.4. The molecule has 0 bridgehead atoms. The number of nitrogens with zero attached hydrogens (tertiary/aromatic N) is 2. The molecule has 9 heteroatoms. The maximum atomic E-state index is 12.9. The number of carbonyl (C=O) groups excluding carboxylic acids is 3. The van der Waals surface area contributed by atoms with Gasteiger partial charge in [-0.05, 0) is 44.2 Å². The van der Waals surface area contributed by atoms with Crippen LogP contribution in [0.25, 0.3) is 0 Å². The number of phenolic OH excluding ortho intramolecular Hbond substituents is 1. The van der Waals surface area contributed by atoms with Crippen LogP contribution in [0.15, 0.2) is 89.1 Å². The summed E-state index contributed by atoms with van der Waals surface area (Å²) in [5.74, 6) is -1.47. The molecule has 0 aromatic heterocycles. The number of aromatic hydroxyl groups is 1. The summed E-state index contributed by atoms with van der Waals surface area (Å²) in [4.78, 5) is 36.4. The second kappa shape index (κ2) is 12.8. The van der Waals surface area contributed by atoms with Crippen molar-refractivity contribution in [2.75, 3.05) is 19.8 Å². The highest BCUT2D eigenvalue weighted by Gasteiger charge is 2.18. The molecule has 0 aliphatic heterocycles. The van der Waals surface area contributed by atoms with Gasteiger partial charge in [0.1, 0.15) is 24.7 Å². The number of azo groups is 1. The minimum Gasteiger partial charge on any atom is -0.507 e. The second-order valence-electron chi connectivity index (χ2n) is 7.76. The maximum Gasteiger partial charge on any atom is 0.338 e. The van der Waals surface area contributed by atoms with Gasteiger partial charge in [-0.25, -0.2) is 9.59 Å². The van der Waals surface area contributed by atoms with Crippen LogP contribution in [-0.4, -0.2) is 42.6 Å². The third kappa shape index (κ3) is 7.35. The monoisotopic (exact) mass is 502 g/mol. The number of hydrogen-bond donors (Lipinski definition) is 1. The number of benzene rings is 3. The molecule has 0 unspecified atom stereocenters. The molecule has 3 rings (SSSR count). The number of phenols is 1. The van der Waals surface area contributed by atoms with E-state index >= 15 is 0 Å². The Morgan fingerprint density at radius 1 is 0.892 bits per heavy atom. The van der Waals surface area contributed by atoms with Gasteiger partial charge in [0.15, 0.2) is 11.5 Å². The largest absolute Gasteiger partial charge is 0.507 e. The zero-order valence-electron chi connectivity index (χ0n) is 20.5. The van der Waals surface area contributed by atoms with Crippen molar-refractivity contribution in [3.63, 3.8) is 0 Å². The Morgan fingerprint density at radius 3 is 2.22 bits per heavy atom. The van der Waals surface area contributed by atoms with Crippen LogP contribution in [0.2, 0.25) is 0 Å². The van der Waals surface area contributed by atoms with Crippen LogP contribution in [0.3, 0.4) is 0 Å². The van der Waals surface area contributed by atoms with Crippen LogP contribution in [0.5, 0.6) is 11.5 Å². The summed E-state index contributed by atoms with van der Waals surface area (Å²) >= 11 is 0. The first-order chi connectivity index (χ1) is 17.8. The fraction of sp³-hybridized carbons (Fsp3) is 0.179. The molecule has 3 aromatic carbocycles. The van der Waals surface area contributed by atoms with E-state index in [1.54, 1.807) is 49.4 Å². The minimum atomic E-state index is -0.587. The van der Waals surface area contributed by atoms with Crippen LogP contribution in [-0.2, 0) is 14.3 Å². The van der Waals surface area contributed by atoms with Crippen molar-refractivity contribution >= 4 is 29.1 Å². The predicted octanol–water partition coefficient (Wildman–Crippen LogP) is 5.71. The summed E-state index contributed by atoms with van der Waals surface area (Å²) < 4.78 is 15.5. The Balaban J connectivity index is 1.72. The zero-order chi connectivity index (χ0) is 26.8. The van der Waals surface area contributed by atoms with E-state index < -0.39 is 11.9 Å². The molecule has 0 amide bonds. The van der Waals surface area contributed by atoms with Gasteiger partial charge in [-0.15, -0.1) is 5.11 Å². The molecular formula is C28H26N2O7. The van der Waals surface area contributed by atoms with Gasteiger partial charge in [0, 0.05) is 17.2 Å². The summed E-state index contributed by atoms with van der Waals surface area (Å²) in [5.41, 5.74) is 1.71. The van der Waals surface area contributed by atoms with Crippen LogP contribution in [0.4, 0.5) is 11.4 Å². The van der Waals surface area contributed by atoms with Gasteiger partial charge in [0.25, 0.3) is 0 Å². The molecule has 0 atom stereocenters. The van der Waals surface area contributed by atoms with E-state index in [0.717, 1.165) is 0 Å². The van der Waals surface area contributed by atoms with Crippen molar-refractivity contribution in [2.24, 2.45) is 10.2 Å². The van der Waals surface area contributed by atoms with Gasteiger partial charge in [-0.2, -0.15) is 5.11 Å². The second-order valence-corrected chi connectivity index (χ2v) is 7.76. The fourth-order valence-corrected chi connectivity index (χ4v) is 3.08. The van der Waals surface area contributed by atoms with Gasteiger partial charge in [0.2, 0.25) is 0 Å². The van der Waals surface area contributed by atoms with Crippen molar-refractivity contribution < 1.29 is 33.7 Å². The van der Waals surface area contributed by atoms with E-state index in [0.29, 0.717) is 17.9 Å². The van der Waals surface area contributed by atoms with Gasteiger partial charge >= 0.3 is 11.9 Å². The molecular weight excluding hydrogens is 476 g/mol. The average molecular weight is 503 g/mol. The summed E-state index contributed by atoms with van der Waals surface area (Å²) in [5, 5.41) is 18.8. The number of rotatable bonds is 11. The molecule has 37 heavy (non-hydrogen) atoms. The van der Waals surface area contributed by atoms with E-state index in [2.05, 4.69) is 16.8 Å². The highest BCUT2D eigenvalue weighted by Crippen LogP contribution is 2.36. The lowest BCUT2D eigenvalue weighted by Gasteiger charge is -2.10. The average Bonchev–Trinajstić information content (AvgIpc) is 2.91. The molecule has 0 spiro atoms. The van der Waals surface area contributed by atoms with Gasteiger partial charge < -0.3 is 19.3 Å². The Kier molecular flexibility index (Phi) is 9.26. The highest BCUT2D eigenvalue weighted by atomic mass is 16.6. The predicted molar refractivity (Wildman–Crippen MR) is 136 cm³/mol. The van der Waals surface area contributed by atoms with E-state index in [1.165, 1.54) is 31.2 Å². The quantitative estimate of drug-likeness (QED) is 0.117. The molecule has 0 fully saturated rings. The van der Waals surface area contributed by atoms with E-state index in [-0.39, 0.29) is 52.9 Å². The first-order valence-electron chi connectivity index (χ1n) is 11.4. The van der Waals surface area contributed by atoms with Crippen molar-refractivity contribution in [3.8, 4) is 11.5 Å². The highest BCUT2D eigenvalue weighted by molar-refractivity contribution is 6.11. The number of ketones is 1. The number of carbonyl (C=O) groups is 3. The Bertz CT molecular complexity index is 1320. The molecule has 0 aliphatic rings. The van der Waals surface area contributed by atoms with Crippen molar-refractivity contribution in [3.05, 3.63) is 95.6 Å². The molecule has 1 N–H and O–H groups in total. The Labute approximate surface area is 214 Å². The summed E-state index contributed by atoms with van der Waals surface area (Å²) in [6.07, 6.45) is 0. The van der Waals surface area contributed by atoms with Crippen LogP contribution in [0, 0.1) is 0 Å². The van der Waals surface area contributed by atoms with Crippen molar-refractivity contribution in [1.29, 1.82) is 0 Å². The van der Waals surface area contributed by atoms with Crippen molar-refractivity contribution in [2.45, 2.75) is 13.8 Å². The van der Waals surface area contributed by atoms with Crippen LogP contribution in [0.1, 0.15) is 40.1 Å². The third-order valence-corrected chi connectivity index (χ3v) is 4.93. The van der Waals surface area contributed by atoms with E-state index in [1.807, 2.05) is 0 Å². The number of ether oxygens (including phenoxy) is 3. The molecule has 9 nitrogen and oxygen atoms in total. The van der Waals surface area contributed by atoms with Crippen molar-refractivity contribution in [1.82, 2.24) is 0 Å². The molecule has 3 aromatic rings. The third-order valence-electron chi connectivity index (χ3n) is 4.93. The maximum absolute atomic E-state index is 12.9. The van der Waals surface area contributed by atoms with Gasteiger partial charge in [0.05, 0.1) is 23.4 Å². The molecule has 0 heterocycles. The van der Waals surface area contributed by atoms with Gasteiger partial charge in [-0.3, -0.25) is 4.79 Å². The smallest absolute Gasteiger partial charge is 0.338 e. The summed E-state index contributed by atoms with van der Waals surface area (Å²) in [6, 6.07) is 17.5. The Hall–Kier alpha value is -4.79. The summed E-state index contributed by atoms with van der Waals surface area (Å²) in [6.45, 7) is 6.92. The number of hydrogen-bond acceptors (Lipinski definition) is 9. The summed E-state index contributed by atoms with van der Waals surface area (Å²) in [7, 11) is 0. The minimum absolute atomic E-state index is 0.0654. The molecule has 0 radical (unpaired) electrons. The molecule has 0 saturated heterocycles. The SMILES string of the molecule is C=C(C)C(=O)OCCOC(=O)c1ccc(N=Nc2cc(C(=O)c3ccccc3)c(O)cc2OCC)cc1. The lowest BCUT2D eigenvalue weighted by Crippen LogP contribution is -2.14.